The van der Waals surface area contributed by atoms with E-state index < -0.39 is 5.41 Å². The predicted octanol–water partition coefficient (Wildman–Crippen LogP) is 2.73. The first-order chi connectivity index (χ1) is 12.0. The molecule has 5 rings (SSSR count). The fourth-order valence-electron chi connectivity index (χ4n) is 4.78. The Bertz CT molecular complexity index is 797. The van der Waals surface area contributed by atoms with Gasteiger partial charge >= 0.3 is 0 Å². The second kappa shape index (κ2) is 5.10. The summed E-state index contributed by atoms with van der Waals surface area (Å²) in [7, 11) is 0. The molecule has 3 aliphatic heterocycles. The zero-order valence-electron chi connectivity index (χ0n) is 14.3. The van der Waals surface area contributed by atoms with E-state index in [9.17, 15) is 10.2 Å². The van der Waals surface area contributed by atoms with E-state index in [0.29, 0.717) is 19.0 Å². The third kappa shape index (κ3) is 2.19. The van der Waals surface area contributed by atoms with Crippen molar-refractivity contribution in [2.24, 2.45) is 11.3 Å². The maximum atomic E-state index is 10.7. The van der Waals surface area contributed by atoms with Crippen molar-refractivity contribution in [2.75, 3.05) is 13.2 Å². The summed E-state index contributed by atoms with van der Waals surface area (Å²) in [4.78, 5) is 0. The van der Waals surface area contributed by atoms with Crippen LogP contribution in [0.15, 0.2) is 36.1 Å². The molecule has 3 saturated heterocycles. The average Bonchev–Trinajstić information content (AvgIpc) is 3.46. The molecule has 0 bridgehead atoms. The van der Waals surface area contributed by atoms with Crippen molar-refractivity contribution >= 4 is 5.57 Å². The average molecular weight is 342 g/mol. The highest BCUT2D eigenvalue weighted by atomic mass is 16.6. The molecule has 0 saturated carbocycles. The van der Waals surface area contributed by atoms with Gasteiger partial charge in [-0.2, -0.15) is 0 Å². The minimum atomic E-state index is -0.404. The molecular weight excluding hydrogens is 320 g/mol. The Kier molecular flexibility index (Phi) is 3.15. The van der Waals surface area contributed by atoms with Crippen LogP contribution in [0.5, 0.6) is 5.75 Å². The largest absolute Gasteiger partial charge is 0.512 e. The van der Waals surface area contributed by atoms with Crippen molar-refractivity contribution in [2.45, 2.75) is 38.3 Å². The lowest BCUT2D eigenvalue weighted by Gasteiger charge is -2.41. The highest BCUT2D eigenvalue weighted by Crippen LogP contribution is 2.60. The van der Waals surface area contributed by atoms with E-state index in [1.165, 1.54) is 0 Å². The van der Waals surface area contributed by atoms with Gasteiger partial charge in [-0.05, 0) is 41.8 Å². The quantitative estimate of drug-likeness (QED) is 0.768. The first-order valence-corrected chi connectivity index (χ1v) is 8.80. The van der Waals surface area contributed by atoms with E-state index in [0.717, 1.165) is 16.7 Å². The van der Waals surface area contributed by atoms with Crippen LogP contribution in [0, 0.1) is 18.3 Å². The fraction of sp³-hybridized carbons (Fsp3) is 0.500. The van der Waals surface area contributed by atoms with Crippen LogP contribution in [0.4, 0.5) is 0 Å². The molecule has 0 radical (unpaired) electrons. The number of aliphatic hydroxyl groups is 1. The van der Waals surface area contributed by atoms with Gasteiger partial charge in [0.05, 0.1) is 37.1 Å². The standard InChI is InChI=1S/C20H22O5/c1-10-7-11(21)3-4-12(10)13-5-6-14(22)17-18-15(24-18)8-23-9-16-19(25-16)20(13,17)2/h3-7,15-19,21-22H,8-9H2,1-2H3. The Balaban J connectivity index is 1.65. The number of ether oxygens (including phenoxy) is 3. The number of benzene rings is 1. The van der Waals surface area contributed by atoms with Crippen LogP contribution >= 0.6 is 0 Å². The number of hydrogen-bond donors (Lipinski definition) is 2. The summed E-state index contributed by atoms with van der Waals surface area (Å²) in [6.07, 6.45) is 3.79. The number of rotatable bonds is 1. The number of aryl methyl sites for hydroxylation is 1. The molecule has 2 N–H and O–H groups in total. The molecule has 1 aromatic carbocycles. The van der Waals surface area contributed by atoms with Crippen LogP contribution in [-0.4, -0.2) is 47.8 Å². The zero-order chi connectivity index (χ0) is 17.3. The van der Waals surface area contributed by atoms with Crippen molar-refractivity contribution < 1.29 is 24.4 Å². The summed E-state index contributed by atoms with van der Waals surface area (Å²) in [5, 5.41) is 20.5. The van der Waals surface area contributed by atoms with Gasteiger partial charge in [0, 0.05) is 5.41 Å². The molecule has 1 aromatic rings. The van der Waals surface area contributed by atoms with E-state index in [4.69, 9.17) is 14.2 Å². The van der Waals surface area contributed by atoms with E-state index in [2.05, 4.69) is 6.92 Å². The Hall–Kier alpha value is -1.82. The molecule has 5 nitrogen and oxygen atoms in total. The fourth-order valence-corrected chi connectivity index (χ4v) is 4.78. The van der Waals surface area contributed by atoms with Gasteiger partial charge in [0.1, 0.15) is 18.0 Å². The second-order valence-electron chi connectivity index (χ2n) is 7.70. The highest BCUT2D eigenvalue weighted by molar-refractivity contribution is 5.77. The van der Waals surface area contributed by atoms with Gasteiger partial charge in [-0.3, -0.25) is 0 Å². The van der Waals surface area contributed by atoms with Crippen molar-refractivity contribution in [3.63, 3.8) is 0 Å². The molecule has 1 aliphatic carbocycles. The van der Waals surface area contributed by atoms with Crippen molar-refractivity contribution in [3.8, 4) is 5.75 Å². The molecule has 0 amide bonds. The Morgan fingerprint density at radius 3 is 2.68 bits per heavy atom. The number of epoxide rings is 2. The first kappa shape index (κ1) is 15.4. The van der Waals surface area contributed by atoms with Gasteiger partial charge in [-0.1, -0.05) is 19.1 Å². The number of phenolic OH excluding ortho intramolecular Hbond substituents is 1. The van der Waals surface area contributed by atoms with Crippen LogP contribution in [0.25, 0.3) is 5.57 Å². The predicted molar refractivity (Wildman–Crippen MR) is 91.3 cm³/mol. The second-order valence-corrected chi connectivity index (χ2v) is 7.70. The summed E-state index contributed by atoms with van der Waals surface area (Å²) >= 11 is 0. The minimum absolute atomic E-state index is 0.0178. The number of allylic oxidation sites excluding steroid dienone is 2. The molecule has 25 heavy (non-hydrogen) atoms. The zero-order valence-corrected chi connectivity index (χ0v) is 14.3. The van der Waals surface area contributed by atoms with Crippen LogP contribution in [0.2, 0.25) is 0 Å². The summed E-state index contributed by atoms with van der Waals surface area (Å²) in [5.41, 5.74) is 2.79. The molecule has 0 spiro atoms. The summed E-state index contributed by atoms with van der Waals surface area (Å²) in [5.74, 6) is 0.459. The monoisotopic (exact) mass is 342 g/mol. The Labute approximate surface area is 146 Å². The molecule has 3 heterocycles. The van der Waals surface area contributed by atoms with Crippen LogP contribution in [0.1, 0.15) is 18.1 Å². The molecule has 0 aromatic heterocycles. The third-order valence-corrected chi connectivity index (χ3v) is 6.15. The van der Waals surface area contributed by atoms with Crippen LogP contribution in [-0.2, 0) is 14.2 Å². The third-order valence-electron chi connectivity index (χ3n) is 6.15. The first-order valence-electron chi connectivity index (χ1n) is 8.80. The number of hydrogen-bond acceptors (Lipinski definition) is 5. The van der Waals surface area contributed by atoms with Crippen molar-refractivity contribution in [3.05, 3.63) is 47.2 Å². The van der Waals surface area contributed by atoms with Gasteiger partial charge < -0.3 is 24.4 Å². The SMILES string of the molecule is Cc1cc(O)ccc1C1=CC=C(O)C2C3OC3COCC3OC3C12C. The highest BCUT2D eigenvalue weighted by Gasteiger charge is 2.65. The van der Waals surface area contributed by atoms with Gasteiger partial charge in [0.15, 0.2) is 0 Å². The van der Waals surface area contributed by atoms with E-state index in [1.807, 2.05) is 19.1 Å². The Morgan fingerprint density at radius 2 is 1.88 bits per heavy atom. The van der Waals surface area contributed by atoms with Crippen LogP contribution < -0.4 is 0 Å². The maximum Gasteiger partial charge on any atom is 0.115 e. The normalized spacial score (nSPS) is 41.8. The lowest BCUT2D eigenvalue weighted by Crippen LogP contribution is -2.41. The van der Waals surface area contributed by atoms with Crippen LogP contribution in [0.3, 0.4) is 0 Å². The van der Waals surface area contributed by atoms with Gasteiger partial charge in [0.2, 0.25) is 0 Å². The molecular formula is C20H22O5. The molecule has 6 unspecified atom stereocenters. The molecule has 5 heteroatoms. The number of aliphatic hydroxyl groups excluding tert-OH is 1. The lowest BCUT2D eigenvalue weighted by atomic mass is 9.61. The minimum Gasteiger partial charge on any atom is -0.512 e. The van der Waals surface area contributed by atoms with E-state index >= 15 is 0 Å². The van der Waals surface area contributed by atoms with Gasteiger partial charge in [0.25, 0.3) is 0 Å². The maximum absolute atomic E-state index is 10.7. The summed E-state index contributed by atoms with van der Waals surface area (Å²) < 4.78 is 17.6. The van der Waals surface area contributed by atoms with Crippen molar-refractivity contribution in [1.29, 1.82) is 0 Å². The summed E-state index contributed by atoms with van der Waals surface area (Å²) in [6, 6.07) is 5.42. The van der Waals surface area contributed by atoms with E-state index in [-0.39, 0.29) is 36.1 Å². The number of phenols is 1. The van der Waals surface area contributed by atoms with Crippen molar-refractivity contribution in [1.82, 2.24) is 0 Å². The molecule has 4 aliphatic rings. The van der Waals surface area contributed by atoms with Gasteiger partial charge in [-0.25, -0.2) is 0 Å². The Morgan fingerprint density at radius 1 is 1.08 bits per heavy atom. The lowest BCUT2D eigenvalue weighted by molar-refractivity contribution is 0.102. The molecule has 6 atom stereocenters. The van der Waals surface area contributed by atoms with Gasteiger partial charge in [-0.15, -0.1) is 0 Å². The topological polar surface area (TPSA) is 74.8 Å². The molecule has 3 fully saturated rings. The smallest absolute Gasteiger partial charge is 0.115 e. The molecule has 132 valence electrons. The number of fused-ring (bicyclic) bond motifs is 5. The van der Waals surface area contributed by atoms with E-state index in [1.54, 1.807) is 18.2 Å². The summed E-state index contributed by atoms with van der Waals surface area (Å²) in [6.45, 7) is 5.26. The number of aromatic hydroxyl groups is 1.